The zero-order valence-corrected chi connectivity index (χ0v) is 29.9. The summed E-state index contributed by atoms with van der Waals surface area (Å²) in [5, 5.41) is 9.63. The van der Waals surface area contributed by atoms with E-state index in [0.717, 1.165) is 5.56 Å². The third-order valence-electron chi connectivity index (χ3n) is 9.01. The minimum atomic E-state index is 0.121. The molecule has 0 saturated heterocycles. The molecule has 52 heavy (non-hydrogen) atoms. The van der Waals surface area contributed by atoms with Crippen LogP contribution in [0.15, 0.2) is 180 Å². The topological polar surface area (TPSA) is 80.8 Å². The molecular formula is C47H40N4S. The number of hydrogen-bond donors (Lipinski definition) is 3. The van der Waals surface area contributed by atoms with Crippen LogP contribution in [-0.2, 0) is 6.54 Å². The summed E-state index contributed by atoms with van der Waals surface area (Å²) < 4.78 is 2.42. The van der Waals surface area contributed by atoms with E-state index in [-0.39, 0.29) is 5.84 Å². The van der Waals surface area contributed by atoms with Crippen LogP contribution in [0, 0.1) is 12.3 Å². The minimum absolute atomic E-state index is 0.121. The van der Waals surface area contributed by atoms with Crippen LogP contribution in [0.1, 0.15) is 27.8 Å². The van der Waals surface area contributed by atoms with Gasteiger partial charge in [0.25, 0.3) is 0 Å². The molecule has 0 atom stereocenters. The van der Waals surface area contributed by atoms with Gasteiger partial charge in [-0.25, -0.2) is 0 Å². The van der Waals surface area contributed by atoms with Crippen molar-refractivity contribution in [3.8, 4) is 16.8 Å². The van der Waals surface area contributed by atoms with Gasteiger partial charge in [0.05, 0.1) is 11.0 Å². The number of nitrogens with two attached hydrogens (primary N) is 2. The summed E-state index contributed by atoms with van der Waals surface area (Å²) in [6.45, 7) is 2.79. The fraction of sp³-hybridized carbons (Fsp3) is 0.0426. The van der Waals surface area contributed by atoms with E-state index < -0.39 is 0 Å². The highest BCUT2D eigenvalue weighted by Gasteiger charge is 2.20. The van der Waals surface area contributed by atoms with Gasteiger partial charge < -0.3 is 16.0 Å². The van der Waals surface area contributed by atoms with Crippen molar-refractivity contribution in [2.75, 3.05) is 0 Å². The van der Waals surface area contributed by atoms with Crippen molar-refractivity contribution in [1.82, 2.24) is 4.57 Å². The first kappa shape index (κ1) is 34.3. The van der Waals surface area contributed by atoms with E-state index in [9.17, 15) is 0 Å². The lowest BCUT2D eigenvalue weighted by molar-refractivity contribution is 1.07. The first-order chi connectivity index (χ1) is 25.5. The molecule has 1 aromatic heterocycles. The SMILES string of the molecule is Cc1cccc(-c2cccc(-n3c4ccccc4c4c5c(ccc43)C=Cc3ccccc3S5)c2)c1.N=C(N)c1ccccc1.NCc1ccccc1. The standard InChI is InChI=1S/C33H23NS.C7H8N2.C7H9N/c1-22-8-6-10-25(20-22)26-11-7-12-27(21-26)34-29-14-4-3-13-28(29)32-30(34)19-18-24-17-16-23-9-2-5-15-31(23)35-33(24)32;8-7(9)6-4-2-1-3-5-6;8-6-7-4-2-1-3-5-7/h2-21H,1H3;1-5H,(H3,8,9);1-5H,6,8H2. The number of nitrogen functional groups attached to an aromatic ring is 1. The van der Waals surface area contributed by atoms with E-state index in [1.807, 2.05) is 72.4 Å². The zero-order chi connectivity index (χ0) is 35.9. The van der Waals surface area contributed by atoms with E-state index in [1.165, 1.54) is 70.7 Å². The first-order valence-electron chi connectivity index (χ1n) is 17.3. The number of para-hydroxylation sites is 1. The second kappa shape index (κ2) is 15.8. The monoisotopic (exact) mass is 692 g/mol. The number of rotatable bonds is 4. The molecule has 4 nitrogen and oxygen atoms in total. The fourth-order valence-corrected chi connectivity index (χ4v) is 7.64. The predicted molar refractivity (Wildman–Crippen MR) is 222 cm³/mol. The van der Waals surface area contributed by atoms with Gasteiger partial charge in [-0.05, 0) is 65.1 Å². The van der Waals surface area contributed by atoms with Crippen molar-refractivity contribution in [3.05, 3.63) is 198 Å². The molecule has 8 aromatic rings. The van der Waals surface area contributed by atoms with Crippen molar-refractivity contribution >= 4 is 51.6 Å². The molecule has 0 radical (unpaired) electrons. The first-order valence-corrected chi connectivity index (χ1v) is 18.1. The summed E-state index contributed by atoms with van der Waals surface area (Å²) in [5.41, 5.74) is 22.5. The number of aromatic nitrogens is 1. The Morgan fingerprint density at radius 2 is 1.27 bits per heavy atom. The Morgan fingerprint density at radius 3 is 1.98 bits per heavy atom. The molecule has 9 rings (SSSR count). The molecule has 2 heterocycles. The largest absolute Gasteiger partial charge is 0.384 e. The number of fused-ring (bicyclic) bond motifs is 6. The van der Waals surface area contributed by atoms with Crippen LogP contribution in [0.25, 0.3) is 50.8 Å². The molecule has 0 fully saturated rings. The molecule has 0 amide bonds. The lowest BCUT2D eigenvalue weighted by Gasteiger charge is -2.12. The van der Waals surface area contributed by atoms with Crippen molar-refractivity contribution < 1.29 is 0 Å². The van der Waals surface area contributed by atoms with Crippen LogP contribution in [-0.4, -0.2) is 10.4 Å². The van der Waals surface area contributed by atoms with Crippen LogP contribution in [0.4, 0.5) is 0 Å². The molecule has 0 aliphatic carbocycles. The van der Waals surface area contributed by atoms with Gasteiger partial charge in [0.1, 0.15) is 5.84 Å². The summed E-state index contributed by atoms with van der Waals surface area (Å²) in [6.07, 6.45) is 4.50. The van der Waals surface area contributed by atoms with Crippen LogP contribution in [0.3, 0.4) is 0 Å². The predicted octanol–water partition coefficient (Wildman–Crippen LogP) is 11.5. The summed E-state index contributed by atoms with van der Waals surface area (Å²) >= 11 is 1.88. The Bertz CT molecular complexity index is 2520. The molecular weight excluding hydrogens is 653 g/mol. The highest BCUT2D eigenvalue weighted by Crippen LogP contribution is 2.45. The molecule has 0 bridgehead atoms. The second-order valence-corrected chi connectivity index (χ2v) is 13.6. The molecule has 1 aliphatic rings. The van der Waals surface area contributed by atoms with Crippen molar-refractivity contribution in [1.29, 1.82) is 5.41 Å². The van der Waals surface area contributed by atoms with Gasteiger partial charge >= 0.3 is 0 Å². The number of nitrogens with zero attached hydrogens (tertiary/aromatic N) is 1. The molecule has 7 aromatic carbocycles. The lowest BCUT2D eigenvalue weighted by atomic mass is 10.0. The van der Waals surface area contributed by atoms with Crippen LogP contribution >= 0.6 is 11.8 Å². The zero-order valence-electron chi connectivity index (χ0n) is 29.0. The Kier molecular flexibility index (Phi) is 10.4. The summed E-state index contributed by atoms with van der Waals surface area (Å²) in [4.78, 5) is 2.63. The highest BCUT2D eigenvalue weighted by molar-refractivity contribution is 7.99. The van der Waals surface area contributed by atoms with Gasteiger partial charge in [-0.1, -0.05) is 169 Å². The van der Waals surface area contributed by atoms with E-state index in [0.29, 0.717) is 6.54 Å². The number of nitrogens with one attached hydrogen (secondary N) is 1. The normalized spacial score (nSPS) is 11.3. The van der Waals surface area contributed by atoms with Gasteiger partial charge in [0.2, 0.25) is 0 Å². The maximum atomic E-state index is 7.01. The number of hydrogen-bond acceptors (Lipinski definition) is 3. The van der Waals surface area contributed by atoms with E-state index in [1.54, 1.807) is 0 Å². The number of amidine groups is 1. The fourth-order valence-electron chi connectivity index (χ4n) is 6.45. The Labute approximate surface area is 309 Å². The summed E-state index contributed by atoms with van der Waals surface area (Å²) in [5.74, 6) is 0.121. The molecule has 254 valence electrons. The second-order valence-electron chi connectivity index (χ2n) is 12.6. The Hall–Kier alpha value is -6.14. The average molecular weight is 693 g/mol. The molecule has 5 heteroatoms. The average Bonchev–Trinajstić information content (AvgIpc) is 3.41. The maximum Gasteiger partial charge on any atom is 0.122 e. The minimum Gasteiger partial charge on any atom is -0.384 e. The van der Waals surface area contributed by atoms with Gasteiger partial charge in [0, 0.05) is 38.4 Å². The van der Waals surface area contributed by atoms with Gasteiger partial charge in [-0.15, -0.1) is 0 Å². The molecule has 1 aliphatic heterocycles. The number of benzene rings is 7. The van der Waals surface area contributed by atoms with Crippen LogP contribution in [0.2, 0.25) is 0 Å². The third-order valence-corrected chi connectivity index (χ3v) is 10.2. The lowest BCUT2D eigenvalue weighted by Crippen LogP contribution is -2.10. The van der Waals surface area contributed by atoms with Crippen LogP contribution < -0.4 is 11.5 Å². The third kappa shape index (κ3) is 7.47. The van der Waals surface area contributed by atoms with Gasteiger partial charge in [0.15, 0.2) is 0 Å². The van der Waals surface area contributed by atoms with Crippen molar-refractivity contribution in [2.45, 2.75) is 23.3 Å². The smallest absolute Gasteiger partial charge is 0.122 e. The summed E-state index contributed by atoms with van der Waals surface area (Å²) in [7, 11) is 0. The molecule has 0 unspecified atom stereocenters. The van der Waals surface area contributed by atoms with E-state index >= 15 is 0 Å². The van der Waals surface area contributed by atoms with Crippen LogP contribution in [0.5, 0.6) is 0 Å². The Morgan fingerprint density at radius 1 is 0.615 bits per heavy atom. The quantitative estimate of drug-likeness (QED) is 0.127. The van der Waals surface area contributed by atoms with Crippen molar-refractivity contribution in [2.24, 2.45) is 11.5 Å². The molecule has 0 saturated carbocycles. The van der Waals surface area contributed by atoms with Crippen molar-refractivity contribution in [3.63, 3.8) is 0 Å². The summed E-state index contributed by atoms with van der Waals surface area (Å²) in [6, 6.07) is 58.9. The van der Waals surface area contributed by atoms with E-state index in [4.69, 9.17) is 16.9 Å². The molecule has 0 spiro atoms. The van der Waals surface area contributed by atoms with Gasteiger partial charge in [-0.3, -0.25) is 5.41 Å². The van der Waals surface area contributed by atoms with Gasteiger partial charge in [-0.2, -0.15) is 0 Å². The van der Waals surface area contributed by atoms with E-state index in [2.05, 4.69) is 133 Å². The Balaban J connectivity index is 0.000000203. The highest BCUT2D eigenvalue weighted by atomic mass is 32.2. The molecule has 5 N–H and O–H groups in total. The number of aryl methyl sites for hydroxylation is 1. The maximum absolute atomic E-state index is 7.01.